The second-order valence-corrected chi connectivity index (χ2v) is 7.22. The zero-order valence-corrected chi connectivity index (χ0v) is 14.4. The van der Waals surface area contributed by atoms with E-state index >= 15 is 0 Å². The van der Waals surface area contributed by atoms with Crippen LogP contribution in [0.3, 0.4) is 0 Å². The highest BCUT2D eigenvalue weighted by atomic mass is 16.4. The standard InChI is InChI=1S/C17H26N4O3/c1-3-6-21-12-17(9-14(21)16(23)24)4-7-20(8-5-17)15(22)13-10-18-19(2)11-13/h10-11,14H,3-9,12H2,1-2H3,(H,23,24). The number of carboxylic acid groups (broad SMARTS) is 1. The van der Waals surface area contributed by atoms with Gasteiger partial charge in [0, 0.05) is 32.9 Å². The Kier molecular flexibility index (Phi) is 4.62. The Bertz CT molecular complexity index is 619. The van der Waals surface area contributed by atoms with E-state index in [0.717, 1.165) is 32.4 Å². The molecule has 7 heteroatoms. The number of likely N-dealkylation sites (tertiary alicyclic amines) is 2. The van der Waals surface area contributed by atoms with Crippen LogP contribution in [0.4, 0.5) is 0 Å². The molecule has 0 radical (unpaired) electrons. The van der Waals surface area contributed by atoms with Crippen LogP contribution in [0.1, 0.15) is 43.0 Å². The summed E-state index contributed by atoms with van der Waals surface area (Å²) in [5.41, 5.74) is 0.667. The quantitative estimate of drug-likeness (QED) is 0.895. The molecule has 132 valence electrons. The van der Waals surface area contributed by atoms with Gasteiger partial charge in [-0.05, 0) is 37.6 Å². The van der Waals surface area contributed by atoms with Gasteiger partial charge in [0.15, 0.2) is 0 Å². The van der Waals surface area contributed by atoms with Gasteiger partial charge in [0.2, 0.25) is 0 Å². The molecule has 1 atom stereocenters. The van der Waals surface area contributed by atoms with Gasteiger partial charge in [0.25, 0.3) is 5.91 Å². The highest BCUT2D eigenvalue weighted by molar-refractivity contribution is 5.93. The van der Waals surface area contributed by atoms with Gasteiger partial charge >= 0.3 is 5.97 Å². The number of aryl methyl sites for hydroxylation is 1. The number of carbonyl (C=O) groups is 2. The monoisotopic (exact) mass is 334 g/mol. The van der Waals surface area contributed by atoms with E-state index in [9.17, 15) is 14.7 Å². The first kappa shape index (κ1) is 17.0. The maximum absolute atomic E-state index is 12.5. The SMILES string of the molecule is CCCN1CC2(CCN(C(=O)c3cnn(C)c3)CC2)CC1C(=O)O. The largest absolute Gasteiger partial charge is 0.480 e. The fourth-order valence-electron chi connectivity index (χ4n) is 4.17. The van der Waals surface area contributed by atoms with E-state index < -0.39 is 5.97 Å². The summed E-state index contributed by atoms with van der Waals surface area (Å²) in [6.45, 7) is 5.14. The van der Waals surface area contributed by atoms with Crippen molar-refractivity contribution in [3.63, 3.8) is 0 Å². The molecule has 2 aliphatic heterocycles. The lowest BCUT2D eigenvalue weighted by Crippen LogP contribution is -2.44. The van der Waals surface area contributed by atoms with Crippen molar-refractivity contribution in [3.8, 4) is 0 Å². The summed E-state index contributed by atoms with van der Waals surface area (Å²) in [6.07, 6.45) is 6.77. The summed E-state index contributed by atoms with van der Waals surface area (Å²) < 4.78 is 1.63. The first-order valence-electron chi connectivity index (χ1n) is 8.69. The van der Waals surface area contributed by atoms with Crippen LogP contribution in [0, 0.1) is 5.41 Å². The molecule has 1 amide bonds. The van der Waals surface area contributed by atoms with E-state index in [-0.39, 0.29) is 17.4 Å². The van der Waals surface area contributed by atoms with Crippen LogP contribution in [-0.2, 0) is 11.8 Å². The Balaban J connectivity index is 1.64. The molecule has 0 saturated carbocycles. The number of nitrogens with zero attached hydrogens (tertiary/aromatic N) is 4. The lowest BCUT2D eigenvalue weighted by molar-refractivity contribution is -0.142. The molecular weight excluding hydrogens is 308 g/mol. The highest BCUT2D eigenvalue weighted by Crippen LogP contribution is 2.43. The summed E-state index contributed by atoms with van der Waals surface area (Å²) in [5, 5.41) is 13.6. The zero-order valence-electron chi connectivity index (χ0n) is 14.4. The van der Waals surface area contributed by atoms with Gasteiger partial charge in [-0.2, -0.15) is 5.10 Å². The second-order valence-electron chi connectivity index (χ2n) is 7.22. The van der Waals surface area contributed by atoms with E-state index in [1.807, 2.05) is 4.90 Å². The number of hydrogen-bond acceptors (Lipinski definition) is 4. The molecule has 2 aliphatic rings. The van der Waals surface area contributed by atoms with Crippen molar-refractivity contribution in [2.75, 3.05) is 26.2 Å². The van der Waals surface area contributed by atoms with Crippen molar-refractivity contribution >= 4 is 11.9 Å². The average molecular weight is 334 g/mol. The maximum Gasteiger partial charge on any atom is 0.320 e. The number of amides is 1. The number of carbonyl (C=O) groups excluding carboxylic acids is 1. The summed E-state index contributed by atoms with van der Waals surface area (Å²) in [6, 6.07) is -0.370. The van der Waals surface area contributed by atoms with Crippen LogP contribution < -0.4 is 0 Å². The molecule has 0 aromatic carbocycles. The number of carboxylic acids is 1. The van der Waals surface area contributed by atoms with Crippen molar-refractivity contribution in [3.05, 3.63) is 18.0 Å². The van der Waals surface area contributed by atoms with Gasteiger partial charge < -0.3 is 10.0 Å². The minimum Gasteiger partial charge on any atom is -0.480 e. The lowest BCUT2D eigenvalue weighted by atomic mass is 9.76. The zero-order chi connectivity index (χ0) is 17.3. The number of hydrogen-bond donors (Lipinski definition) is 1. The predicted octanol–water partition coefficient (Wildman–Crippen LogP) is 1.21. The Morgan fingerprint density at radius 2 is 2.08 bits per heavy atom. The summed E-state index contributed by atoms with van der Waals surface area (Å²) in [4.78, 5) is 28.1. The van der Waals surface area contributed by atoms with Crippen LogP contribution in [0.25, 0.3) is 0 Å². The fourth-order valence-corrected chi connectivity index (χ4v) is 4.17. The molecule has 2 saturated heterocycles. The van der Waals surface area contributed by atoms with Crippen molar-refractivity contribution in [1.29, 1.82) is 0 Å². The van der Waals surface area contributed by atoms with Gasteiger partial charge in [0.1, 0.15) is 6.04 Å². The summed E-state index contributed by atoms with van der Waals surface area (Å²) >= 11 is 0. The first-order chi connectivity index (χ1) is 11.4. The van der Waals surface area contributed by atoms with Gasteiger partial charge in [0.05, 0.1) is 11.8 Å². The molecule has 3 rings (SSSR count). The summed E-state index contributed by atoms with van der Waals surface area (Å²) in [7, 11) is 1.80. The molecule has 2 fully saturated rings. The normalized spacial score (nSPS) is 23.8. The average Bonchev–Trinajstić information content (AvgIpc) is 3.13. The third-order valence-corrected chi connectivity index (χ3v) is 5.46. The van der Waals surface area contributed by atoms with Gasteiger partial charge in [-0.1, -0.05) is 6.92 Å². The molecule has 24 heavy (non-hydrogen) atoms. The van der Waals surface area contributed by atoms with Crippen LogP contribution in [0.5, 0.6) is 0 Å². The molecule has 0 aliphatic carbocycles. The van der Waals surface area contributed by atoms with E-state index in [4.69, 9.17) is 0 Å². The molecule has 1 N–H and O–H groups in total. The first-order valence-corrected chi connectivity index (χ1v) is 8.69. The van der Waals surface area contributed by atoms with E-state index in [1.165, 1.54) is 0 Å². The topological polar surface area (TPSA) is 78.7 Å². The molecule has 0 bridgehead atoms. The third-order valence-electron chi connectivity index (χ3n) is 5.46. The van der Waals surface area contributed by atoms with Crippen LogP contribution in [0.2, 0.25) is 0 Å². The number of aliphatic carboxylic acids is 1. The number of aromatic nitrogens is 2. The minimum atomic E-state index is -0.714. The Hall–Kier alpha value is -1.89. The minimum absolute atomic E-state index is 0.0242. The molecular formula is C17H26N4O3. The van der Waals surface area contributed by atoms with Gasteiger partial charge in [-0.25, -0.2) is 0 Å². The van der Waals surface area contributed by atoms with E-state index in [2.05, 4.69) is 16.9 Å². The smallest absolute Gasteiger partial charge is 0.320 e. The lowest BCUT2D eigenvalue weighted by Gasteiger charge is -2.39. The fraction of sp³-hybridized carbons (Fsp3) is 0.706. The molecule has 1 spiro atoms. The molecule has 7 nitrogen and oxygen atoms in total. The molecule has 1 aromatic heterocycles. The highest BCUT2D eigenvalue weighted by Gasteiger charge is 2.48. The van der Waals surface area contributed by atoms with Crippen molar-refractivity contribution < 1.29 is 14.7 Å². The van der Waals surface area contributed by atoms with Crippen LogP contribution in [0.15, 0.2) is 12.4 Å². The molecule has 3 heterocycles. The van der Waals surface area contributed by atoms with Crippen LogP contribution in [-0.4, -0.2) is 68.8 Å². The maximum atomic E-state index is 12.5. The number of rotatable bonds is 4. The molecule has 1 aromatic rings. The Labute approximate surface area is 142 Å². The van der Waals surface area contributed by atoms with Crippen molar-refractivity contribution in [1.82, 2.24) is 19.6 Å². The Morgan fingerprint density at radius 1 is 1.38 bits per heavy atom. The van der Waals surface area contributed by atoms with Gasteiger partial charge in [-0.15, -0.1) is 0 Å². The summed E-state index contributed by atoms with van der Waals surface area (Å²) in [5.74, 6) is -0.690. The van der Waals surface area contributed by atoms with Crippen LogP contribution >= 0.6 is 0 Å². The third kappa shape index (κ3) is 3.17. The molecule has 1 unspecified atom stereocenters. The second kappa shape index (κ2) is 6.55. The van der Waals surface area contributed by atoms with E-state index in [1.54, 1.807) is 24.1 Å². The Morgan fingerprint density at radius 3 is 2.62 bits per heavy atom. The van der Waals surface area contributed by atoms with Crippen molar-refractivity contribution in [2.24, 2.45) is 12.5 Å². The van der Waals surface area contributed by atoms with Crippen molar-refractivity contribution in [2.45, 2.75) is 38.6 Å². The van der Waals surface area contributed by atoms with E-state index in [0.29, 0.717) is 25.1 Å². The number of piperidine rings is 1. The van der Waals surface area contributed by atoms with Gasteiger partial charge in [-0.3, -0.25) is 19.2 Å². The predicted molar refractivity (Wildman–Crippen MR) is 88.7 cm³/mol.